The minimum absolute atomic E-state index is 0.698. The molecular weight excluding hydrogens is 134 g/mol. The van der Waals surface area contributed by atoms with E-state index < -0.39 is 0 Å². The maximum atomic E-state index is 5.13. The Kier molecular flexibility index (Phi) is 2.05. The molecule has 9 heavy (non-hydrogen) atoms. The molecule has 0 saturated carbocycles. The van der Waals surface area contributed by atoms with E-state index in [1.54, 1.807) is 0 Å². The summed E-state index contributed by atoms with van der Waals surface area (Å²) in [4.78, 5) is 1.19. The molecule has 0 unspecified atom stereocenters. The lowest BCUT2D eigenvalue weighted by Gasteiger charge is -1.92. The number of rotatable bonds is 2. The van der Waals surface area contributed by atoms with Crippen LogP contribution in [0.15, 0.2) is 6.07 Å². The summed E-state index contributed by atoms with van der Waals surface area (Å²) in [6, 6.07) is 1.94. The average Bonchev–Trinajstić information content (AvgIpc) is 2.17. The molecule has 0 bridgehead atoms. The lowest BCUT2D eigenvalue weighted by Crippen LogP contribution is -1.89. The first kappa shape index (κ1) is 6.55. The molecule has 0 aliphatic rings. The van der Waals surface area contributed by atoms with Gasteiger partial charge >= 0.3 is 0 Å². The quantitative estimate of drug-likeness (QED) is 0.630. The second-order valence-electron chi connectivity index (χ2n) is 1.71. The van der Waals surface area contributed by atoms with E-state index in [0.717, 1.165) is 5.88 Å². The van der Waals surface area contributed by atoms with Crippen molar-refractivity contribution in [3.8, 4) is 5.88 Å². The Morgan fingerprint density at radius 2 is 2.56 bits per heavy atom. The van der Waals surface area contributed by atoms with E-state index in [1.165, 1.54) is 16.4 Å². The first-order valence-corrected chi connectivity index (χ1v) is 3.66. The normalized spacial score (nSPS) is 9.56. The van der Waals surface area contributed by atoms with Gasteiger partial charge in [0.2, 0.25) is 5.88 Å². The maximum Gasteiger partial charge on any atom is 0.225 e. The third kappa shape index (κ3) is 1.68. The second kappa shape index (κ2) is 2.82. The van der Waals surface area contributed by atoms with Crippen LogP contribution < -0.4 is 4.74 Å². The first-order valence-electron chi connectivity index (χ1n) is 2.89. The molecule has 0 radical (unpaired) electrons. The van der Waals surface area contributed by atoms with Gasteiger partial charge in [0.05, 0.1) is 6.61 Å². The number of nitrogens with zero attached hydrogens (tertiary/aromatic N) is 1. The summed E-state index contributed by atoms with van der Waals surface area (Å²) in [7, 11) is 0. The number of hydrogen-bond acceptors (Lipinski definition) is 3. The highest BCUT2D eigenvalue weighted by Gasteiger charge is 1.94. The van der Waals surface area contributed by atoms with Gasteiger partial charge < -0.3 is 4.74 Å². The molecule has 1 aromatic heterocycles. The molecule has 0 aliphatic carbocycles. The van der Waals surface area contributed by atoms with Crippen molar-refractivity contribution < 1.29 is 4.74 Å². The molecule has 1 heterocycles. The maximum absolute atomic E-state index is 5.13. The van der Waals surface area contributed by atoms with E-state index >= 15 is 0 Å². The van der Waals surface area contributed by atoms with Crippen LogP contribution in [-0.4, -0.2) is 11.0 Å². The van der Waals surface area contributed by atoms with Gasteiger partial charge in [-0.25, -0.2) is 0 Å². The van der Waals surface area contributed by atoms with Crippen molar-refractivity contribution >= 4 is 11.5 Å². The molecule has 1 aromatic rings. The first-order chi connectivity index (χ1) is 4.33. The monoisotopic (exact) mass is 143 g/mol. The SMILES string of the molecule is CCOc1cc(C)sn1. The largest absolute Gasteiger partial charge is 0.477 e. The van der Waals surface area contributed by atoms with Crippen molar-refractivity contribution in [3.63, 3.8) is 0 Å². The van der Waals surface area contributed by atoms with E-state index in [2.05, 4.69) is 4.37 Å². The summed E-state index contributed by atoms with van der Waals surface area (Å²) in [5, 5.41) is 0. The molecule has 50 valence electrons. The van der Waals surface area contributed by atoms with E-state index in [-0.39, 0.29) is 0 Å². The molecule has 2 nitrogen and oxygen atoms in total. The predicted octanol–water partition coefficient (Wildman–Crippen LogP) is 1.85. The Bertz CT molecular complexity index is 185. The molecule has 0 atom stereocenters. The standard InChI is InChI=1S/C6H9NOS/c1-3-8-6-4-5(2)9-7-6/h4H,3H2,1-2H3. The molecular formula is C6H9NOS. The minimum Gasteiger partial charge on any atom is -0.477 e. The molecule has 0 aliphatic heterocycles. The average molecular weight is 143 g/mol. The van der Waals surface area contributed by atoms with Gasteiger partial charge in [-0.3, -0.25) is 0 Å². The van der Waals surface area contributed by atoms with Crippen molar-refractivity contribution in [3.05, 3.63) is 10.9 Å². The molecule has 0 N–H and O–H groups in total. The van der Waals surface area contributed by atoms with Crippen molar-refractivity contribution in [2.45, 2.75) is 13.8 Å². The van der Waals surface area contributed by atoms with Gasteiger partial charge in [-0.2, -0.15) is 4.37 Å². The van der Waals surface area contributed by atoms with Gasteiger partial charge in [-0.05, 0) is 25.4 Å². The Hall–Kier alpha value is -0.570. The third-order valence-electron chi connectivity index (χ3n) is 0.899. The van der Waals surface area contributed by atoms with Crippen molar-refractivity contribution in [2.75, 3.05) is 6.61 Å². The number of hydrogen-bond donors (Lipinski definition) is 0. The smallest absolute Gasteiger partial charge is 0.225 e. The number of aryl methyl sites for hydroxylation is 1. The van der Waals surface area contributed by atoms with E-state index in [1.807, 2.05) is 19.9 Å². The van der Waals surface area contributed by atoms with Crippen LogP contribution >= 0.6 is 11.5 Å². The van der Waals surface area contributed by atoms with Crippen LogP contribution in [-0.2, 0) is 0 Å². The van der Waals surface area contributed by atoms with Crippen molar-refractivity contribution in [2.24, 2.45) is 0 Å². The Labute approximate surface area is 58.6 Å². The van der Waals surface area contributed by atoms with Crippen LogP contribution in [0.5, 0.6) is 5.88 Å². The lowest BCUT2D eigenvalue weighted by atomic mass is 10.5. The van der Waals surface area contributed by atoms with Crippen LogP contribution in [0.25, 0.3) is 0 Å². The van der Waals surface area contributed by atoms with Gasteiger partial charge in [-0.1, -0.05) is 0 Å². The number of aromatic nitrogens is 1. The second-order valence-corrected chi connectivity index (χ2v) is 2.72. The zero-order chi connectivity index (χ0) is 6.69. The highest BCUT2D eigenvalue weighted by atomic mass is 32.1. The van der Waals surface area contributed by atoms with Crippen molar-refractivity contribution in [1.29, 1.82) is 0 Å². The molecule has 0 amide bonds. The molecule has 1 rings (SSSR count). The summed E-state index contributed by atoms with van der Waals surface area (Å²) in [5.74, 6) is 0.750. The molecule has 0 saturated heterocycles. The molecule has 0 fully saturated rings. The zero-order valence-corrected chi connectivity index (χ0v) is 6.36. The highest BCUT2D eigenvalue weighted by molar-refractivity contribution is 7.05. The predicted molar refractivity (Wildman–Crippen MR) is 38.0 cm³/mol. The van der Waals surface area contributed by atoms with Gasteiger partial charge in [-0.15, -0.1) is 0 Å². The van der Waals surface area contributed by atoms with Crippen LogP contribution in [0.1, 0.15) is 11.8 Å². The van der Waals surface area contributed by atoms with Gasteiger partial charge in [0.15, 0.2) is 0 Å². The van der Waals surface area contributed by atoms with E-state index in [4.69, 9.17) is 4.74 Å². The summed E-state index contributed by atoms with van der Waals surface area (Å²) in [6.07, 6.45) is 0. The minimum atomic E-state index is 0.698. The Morgan fingerprint density at radius 3 is 3.00 bits per heavy atom. The van der Waals surface area contributed by atoms with Crippen LogP contribution in [0.4, 0.5) is 0 Å². The van der Waals surface area contributed by atoms with Crippen LogP contribution in [0.3, 0.4) is 0 Å². The lowest BCUT2D eigenvalue weighted by molar-refractivity contribution is 0.330. The highest BCUT2D eigenvalue weighted by Crippen LogP contribution is 2.14. The Balaban J connectivity index is 2.61. The van der Waals surface area contributed by atoms with Crippen LogP contribution in [0.2, 0.25) is 0 Å². The zero-order valence-electron chi connectivity index (χ0n) is 5.55. The number of ether oxygens (including phenoxy) is 1. The Morgan fingerprint density at radius 1 is 1.78 bits per heavy atom. The fraction of sp³-hybridized carbons (Fsp3) is 0.500. The molecule has 0 spiro atoms. The van der Waals surface area contributed by atoms with E-state index in [0.29, 0.717) is 6.61 Å². The fourth-order valence-corrected chi connectivity index (χ4v) is 1.05. The molecule has 3 heteroatoms. The van der Waals surface area contributed by atoms with Gasteiger partial charge in [0.1, 0.15) is 0 Å². The van der Waals surface area contributed by atoms with Crippen molar-refractivity contribution in [1.82, 2.24) is 4.37 Å². The molecule has 0 aromatic carbocycles. The summed E-state index contributed by atoms with van der Waals surface area (Å²) >= 11 is 1.47. The van der Waals surface area contributed by atoms with Crippen LogP contribution in [0, 0.1) is 6.92 Å². The fourth-order valence-electron chi connectivity index (χ4n) is 0.559. The van der Waals surface area contributed by atoms with E-state index in [9.17, 15) is 0 Å². The summed E-state index contributed by atoms with van der Waals surface area (Å²) in [5.41, 5.74) is 0. The topological polar surface area (TPSA) is 22.1 Å². The van der Waals surface area contributed by atoms with Gasteiger partial charge in [0, 0.05) is 10.9 Å². The summed E-state index contributed by atoms with van der Waals surface area (Å²) in [6.45, 7) is 4.66. The van der Waals surface area contributed by atoms with Gasteiger partial charge in [0.25, 0.3) is 0 Å². The summed E-state index contributed by atoms with van der Waals surface area (Å²) < 4.78 is 9.15. The third-order valence-corrected chi connectivity index (χ3v) is 1.58.